The van der Waals surface area contributed by atoms with Crippen LogP contribution in [0.15, 0.2) is 71.8 Å². The van der Waals surface area contributed by atoms with Crippen LogP contribution < -0.4 is 10.3 Å². The van der Waals surface area contributed by atoms with Gasteiger partial charge in [0.1, 0.15) is 17.1 Å². The quantitative estimate of drug-likeness (QED) is 0.568. The Hall–Kier alpha value is -3.41. The van der Waals surface area contributed by atoms with Crippen LogP contribution in [0.4, 0.5) is 4.39 Å². The molecule has 4 rings (SSSR count). The molecule has 0 saturated heterocycles. The Kier molecular flexibility index (Phi) is 4.01. The van der Waals surface area contributed by atoms with Gasteiger partial charge in [0.25, 0.3) is 5.56 Å². The summed E-state index contributed by atoms with van der Waals surface area (Å²) in [6.45, 7) is 0.434. The third-order valence-corrected chi connectivity index (χ3v) is 4.23. The van der Waals surface area contributed by atoms with Crippen molar-refractivity contribution in [2.45, 2.75) is 6.54 Å². The summed E-state index contributed by atoms with van der Waals surface area (Å²) in [5, 5.41) is 4.41. The molecule has 130 valence electrons. The molecular weight excluding hydrogens is 333 g/mol. The van der Waals surface area contributed by atoms with E-state index in [1.165, 1.54) is 12.1 Å². The summed E-state index contributed by atoms with van der Waals surface area (Å²) < 4.78 is 21.5. The second-order valence-corrected chi connectivity index (χ2v) is 5.95. The molecule has 5 nitrogen and oxygen atoms in total. The first kappa shape index (κ1) is 16.1. The molecule has 0 atom stereocenters. The Morgan fingerprint density at radius 1 is 1.08 bits per heavy atom. The lowest BCUT2D eigenvalue weighted by molar-refractivity contribution is 0.414. The highest BCUT2D eigenvalue weighted by atomic mass is 19.1. The molecule has 0 unspecified atom stereocenters. The third kappa shape index (κ3) is 2.97. The minimum absolute atomic E-state index is 0.142. The van der Waals surface area contributed by atoms with Crippen LogP contribution >= 0.6 is 0 Å². The van der Waals surface area contributed by atoms with Crippen molar-refractivity contribution in [3.8, 4) is 17.0 Å². The normalized spacial score (nSPS) is 11.0. The van der Waals surface area contributed by atoms with E-state index in [1.54, 1.807) is 46.8 Å². The number of benzene rings is 2. The third-order valence-electron chi connectivity index (χ3n) is 4.23. The number of aromatic nitrogens is 3. The van der Waals surface area contributed by atoms with Crippen LogP contribution in [0.2, 0.25) is 0 Å². The van der Waals surface area contributed by atoms with Crippen LogP contribution in [0.3, 0.4) is 0 Å². The minimum Gasteiger partial charge on any atom is -0.497 e. The van der Waals surface area contributed by atoms with E-state index < -0.39 is 0 Å². The number of hydrogen-bond acceptors (Lipinski definition) is 3. The number of ether oxygens (including phenoxy) is 1. The highest BCUT2D eigenvalue weighted by molar-refractivity contribution is 5.65. The minimum atomic E-state index is -0.307. The van der Waals surface area contributed by atoms with Crippen LogP contribution in [-0.2, 0) is 6.54 Å². The van der Waals surface area contributed by atoms with Crippen molar-refractivity contribution >= 4 is 5.52 Å². The van der Waals surface area contributed by atoms with Crippen molar-refractivity contribution < 1.29 is 9.13 Å². The van der Waals surface area contributed by atoms with E-state index in [-0.39, 0.29) is 11.4 Å². The summed E-state index contributed by atoms with van der Waals surface area (Å²) in [6.07, 6.45) is 3.44. The van der Waals surface area contributed by atoms with Crippen LogP contribution in [0.1, 0.15) is 5.56 Å². The zero-order valence-corrected chi connectivity index (χ0v) is 14.1. The SMILES string of the molecule is COc1cccc(Cn2ccn3nc(-c4ccc(F)cc4)cc3c2=O)c1. The molecule has 0 spiro atoms. The van der Waals surface area contributed by atoms with E-state index in [0.717, 1.165) is 16.9 Å². The summed E-state index contributed by atoms with van der Waals surface area (Å²) in [7, 11) is 1.61. The summed E-state index contributed by atoms with van der Waals surface area (Å²) in [4.78, 5) is 12.8. The average Bonchev–Trinajstić information content (AvgIpc) is 3.10. The predicted octanol–water partition coefficient (Wildman–Crippen LogP) is 3.36. The fourth-order valence-corrected chi connectivity index (χ4v) is 2.88. The fourth-order valence-electron chi connectivity index (χ4n) is 2.88. The van der Waals surface area contributed by atoms with Crippen molar-refractivity contribution in [2.75, 3.05) is 7.11 Å². The molecule has 0 aliphatic heterocycles. The molecule has 26 heavy (non-hydrogen) atoms. The van der Waals surface area contributed by atoms with E-state index in [0.29, 0.717) is 17.8 Å². The van der Waals surface area contributed by atoms with Crippen LogP contribution in [0.5, 0.6) is 5.75 Å². The largest absolute Gasteiger partial charge is 0.497 e. The Morgan fingerprint density at radius 3 is 2.65 bits per heavy atom. The van der Waals surface area contributed by atoms with E-state index in [1.807, 2.05) is 24.3 Å². The van der Waals surface area contributed by atoms with Crippen LogP contribution in [0.25, 0.3) is 16.8 Å². The maximum absolute atomic E-state index is 13.1. The van der Waals surface area contributed by atoms with E-state index >= 15 is 0 Å². The Balaban J connectivity index is 1.72. The van der Waals surface area contributed by atoms with Gasteiger partial charge in [-0.2, -0.15) is 5.10 Å². The molecular formula is C20H16FN3O2. The van der Waals surface area contributed by atoms with Gasteiger partial charge in [-0.05, 0) is 48.0 Å². The Labute approximate surface area is 148 Å². The fraction of sp³-hybridized carbons (Fsp3) is 0.100. The van der Waals surface area contributed by atoms with Gasteiger partial charge in [0.2, 0.25) is 0 Å². The van der Waals surface area contributed by atoms with Gasteiger partial charge < -0.3 is 9.30 Å². The van der Waals surface area contributed by atoms with Gasteiger partial charge in [0.05, 0.1) is 19.3 Å². The monoisotopic (exact) mass is 349 g/mol. The Bertz CT molecular complexity index is 1130. The lowest BCUT2D eigenvalue weighted by Gasteiger charge is -2.07. The molecule has 0 saturated carbocycles. The Morgan fingerprint density at radius 2 is 1.88 bits per heavy atom. The highest BCUT2D eigenvalue weighted by Gasteiger charge is 2.10. The number of methoxy groups -OCH3 is 1. The van der Waals surface area contributed by atoms with E-state index in [9.17, 15) is 9.18 Å². The highest BCUT2D eigenvalue weighted by Crippen LogP contribution is 2.19. The molecule has 0 bridgehead atoms. The summed E-state index contributed by atoms with van der Waals surface area (Å²) in [5.74, 6) is 0.442. The van der Waals surface area contributed by atoms with Gasteiger partial charge in [-0.3, -0.25) is 4.79 Å². The number of hydrogen-bond donors (Lipinski definition) is 0. The number of rotatable bonds is 4. The molecule has 0 amide bonds. The zero-order valence-electron chi connectivity index (χ0n) is 14.1. The average molecular weight is 349 g/mol. The van der Waals surface area contributed by atoms with Gasteiger partial charge >= 0.3 is 0 Å². The van der Waals surface area contributed by atoms with Crippen molar-refractivity contribution in [3.05, 3.63) is 88.7 Å². The van der Waals surface area contributed by atoms with Crippen LogP contribution in [-0.4, -0.2) is 21.3 Å². The number of halogens is 1. The van der Waals surface area contributed by atoms with Gasteiger partial charge in [0.15, 0.2) is 0 Å². The first-order chi connectivity index (χ1) is 12.6. The van der Waals surface area contributed by atoms with Gasteiger partial charge in [-0.1, -0.05) is 12.1 Å². The van der Waals surface area contributed by atoms with Gasteiger partial charge in [0, 0.05) is 18.0 Å². The molecule has 6 heteroatoms. The summed E-state index contributed by atoms with van der Waals surface area (Å²) in [5.41, 5.74) is 2.68. The first-order valence-electron chi connectivity index (χ1n) is 8.12. The maximum Gasteiger partial charge on any atom is 0.276 e. The second kappa shape index (κ2) is 6.48. The zero-order chi connectivity index (χ0) is 18.1. The van der Waals surface area contributed by atoms with Crippen molar-refractivity contribution in [1.82, 2.24) is 14.2 Å². The predicted molar refractivity (Wildman–Crippen MR) is 96.9 cm³/mol. The van der Waals surface area contributed by atoms with Gasteiger partial charge in [-0.25, -0.2) is 8.91 Å². The number of nitrogens with zero attached hydrogens (tertiary/aromatic N) is 3. The lowest BCUT2D eigenvalue weighted by atomic mass is 10.1. The molecule has 0 fully saturated rings. The number of fused-ring (bicyclic) bond motifs is 1. The summed E-state index contributed by atoms with van der Waals surface area (Å²) in [6, 6.07) is 15.4. The standard InChI is InChI=1S/C20H16FN3O2/c1-26-17-4-2-3-14(11-17)13-23-9-10-24-19(20(23)25)12-18(22-24)15-5-7-16(21)8-6-15/h2-12H,13H2,1H3. The molecule has 2 aromatic carbocycles. The van der Waals surface area contributed by atoms with Crippen molar-refractivity contribution in [1.29, 1.82) is 0 Å². The lowest BCUT2D eigenvalue weighted by Crippen LogP contribution is -2.21. The molecule has 2 aromatic heterocycles. The van der Waals surface area contributed by atoms with E-state index in [4.69, 9.17) is 4.74 Å². The summed E-state index contributed by atoms with van der Waals surface area (Å²) >= 11 is 0. The molecule has 0 N–H and O–H groups in total. The van der Waals surface area contributed by atoms with E-state index in [2.05, 4.69) is 5.10 Å². The van der Waals surface area contributed by atoms with Crippen molar-refractivity contribution in [3.63, 3.8) is 0 Å². The smallest absolute Gasteiger partial charge is 0.276 e. The molecule has 0 radical (unpaired) electrons. The first-order valence-corrected chi connectivity index (χ1v) is 8.12. The van der Waals surface area contributed by atoms with Gasteiger partial charge in [-0.15, -0.1) is 0 Å². The molecule has 0 aliphatic carbocycles. The maximum atomic E-state index is 13.1. The van der Waals surface area contributed by atoms with Crippen LogP contribution in [0, 0.1) is 5.82 Å². The molecule has 4 aromatic rings. The molecule has 2 heterocycles. The topological polar surface area (TPSA) is 48.5 Å². The second-order valence-electron chi connectivity index (χ2n) is 5.95. The van der Waals surface area contributed by atoms with Crippen molar-refractivity contribution in [2.24, 2.45) is 0 Å². The molecule has 0 aliphatic rings.